The molecule has 0 amide bonds. The quantitative estimate of drug-likeness (QED) is 0.647. The van der Waals surface area contributed by atoms with Crippen molar-refractivity contribution in [1.82, 2.24) is 5.32 Å². The van der Waals surface area contributed by atoms with Crippen molar-refractivity contribution in [3.63, 3.8) is 0 Å². The molecule has 1 N–H and O–H groups in total. The number of halogens is 1. The van der Waals surface area contributed by atoms with Crippen molar-refractivity contribution in [1.29, 1.82) is 0 Å². The van der Waals surface area contributed by atoms with E-state index in [1.165, 1.54) is 41.4 Å². The first kappa shape index (κ1) is 11.4. The molecule has 0 spiro atoms. The van der Waals surface area contributed by atoms with E-state index >= 15 is 0 Å². The van der Waals surface area contributed by atoms with E-state index in [1.54, 1.807) is 0 Å². The molecule has 15 heavy (non-hydrogen) atoms. The minimum atomic E-state index is 1.02. The van der Waals surface area contributed by atoms with Gasteiger partial charge in [-0.1, -0.05) is 31.4 Å². The van der Waals surface area contributed by atoms with E-state index in [4.69, 9.17) is 0 Å². The molecule has 0 radical (unpaired) electrons. The maximum atomic E-state index is 3.52. The monoisotopic (exact) mass is 315 g/mol. The van der Waals surface area contributed by atoms with Crippen LogP contribution in [0.3, 0.4) is 0 Å². The van der Waals surface area contributed by atoms with E-state index < -0.39 is 0 Å². The fourth-order valence-electron chi connectivity index (χ4n) is 1.92. The zero-order chi connectivity index (χ0) is 10.5. The van der Waals surface area contributed by atoms with Gasteiger partial charge in [0, 0.05) is 10.1 Å². The Morgan fingerprint density at radius 3 is 2.53 bits per heavy atom. The van der Waals surface area contributed by atoms with Gasteiger partial charge in [0.15, 0.2) is 0 Å². The van der Waals surface area contributed by atoms with Crippen molar-refractivity contribution < 1.29 is 0 Å². The van der Waals surface area contributed by atoms with Crippen LogP contribution in [0.25, 0.3) is 0 Å². The highest BCUT2D eigenvalue weighted by molar-refractivity contribution is 14.1. The second-order valence-corrected chi connectivity index (χ2v) is 5.63. The first-order valence-electron chi connectivity index (χ1n) is 5.80. The lowest BCUT2D eigenvalue weighted by Crippen LogP contribution is -2.21. The average molecular weight is 315 g/mol. The highest BCUT2D eigenvalue weighted by atomic mass is 127. The molecule has 0 saturated heterocycles. The lowest BCUT2D eigenvalue weighted by atomic mass is 9.83. The Balaban J connectivity index is 1.62. The molecule has 0 atom stereocenters. The molecule has 0 unspecified atom stereocenters. The average Bonchev–Trinajstić information content (AvgIpc) is 2.18. The van der Waals surface area contributed by atoms with Gasteiger partial charge in [0.25, 0.3) is 0 Å². The van der Waals surface area contributed by atoms with Gasteiger partial charge in [0.05, 0.1) is 0 Å². The van der Waals surface area contributed by atoms with Crippen LogP contribution in [0.15, 0.2) is 24.3 Å². The molecule has 1 aromatic rings. The van der Waals surface area contributed by atoms with Gasteiger partial charge in [-0.3, -0.25) is 0 Å². The smallest absolute Gasteiger partial charge is 0.0205 e. The third kappa shape index (κ3) is 3.76. The predicted octanol–water partition coefficient (Wildman–Crippen LogP) is 3.57. The van der Waals surface area contributed by atoms with E-state index in [9.17, 15) is 0 Å². The largest absolute Gasteiger partial charge is 0.313 e. The minimum Gasteiger partial charge on any atom is -0.313 e. The number of rotatable bonds is 5. The molecule has 1 aliphatic carbocycles. The van der Waals surface area contributed by atoms with Crippen molar-refractivity contribution in [2.24, 2.45) is 5.92 Å². The first-order chi connectivity index (χ1) is 7.34. The van der Waals surface area contributed by atoms with Crippen molar-refractivity contribution in [2.45, 2.75) is 32.2 Å². The molecule has 0 heterocycles. The van der Waals surface area contributed by atoms with Crippen LogP contribution in [-0.4, -0.2) is 6.54 Å². The zero-order valence-corrected chi connectivity index (χ0v) is 11.2. The summed E-state index contributed by atoms with van der Waals surface area (Å²) < 4.78 is 1.31. The van der Waals surface area contributed by atoms with E-state index in [0.717, 1.165) is 12.5 Å². The molecular formula is C13H18IN. The Morgan fingerprint density at radius 1 is 1.20 bits per heavy atom. The van der Waals surface area contributed by atoms with E-state index in [2.05, 4.69) is 52.2 Å². The van der Waals surface area contributed by atoms with Gasteiger partial charge < -0.3 is 5.32 Å². The van der Waals surface area contributed by atoms with Crippen LogP contribution < -0.4 is 5.32 Å². The summed E-state index contributed by atoms with van der Waals surface area (Å²) >= 11 is 2.34. The molecule has 0 aromatic heterocycles. The first-order valence-corrected chi connectivity index (χ1v) is 6.87. The molecule has 0 aliphatic heterocycles. The molecule has 1 saturated carbocycles. The fourth-order valence-corrected chi connectivity index (χ4v) is 2.28. The van der Waals surface area contributed by atoms with E-state index in [-0.39, 0.29) is 0 Å². The summed E-state index contributed by atoms with van der Waals surface area (Å²) in [6, 6.07) is 8.75. The standard InChI is InChI=1S/C13H18IN/c14-13-6-4-12(5-7-13)10-15-9-8-11-2-1-3-11/h4-7,11,15H,1-3,8-10H2. The summed E-state index contributed by atoms with van der Waals surface area (Å²) in [6.07, 6.45) is 5.75. The zero-order valence-electron chi connectivity index (χ0n) is 9.01. The molecule has 2 heteroatoms. The number of benzene rings is 1. The Bertz CT molecular complexity index is 290. The maximum Gasteiger partial charge on any atom is 0.0205 e. The Kier molecular flexibility index (Phi) is 4.44. The van der Waals surface area contributed by atoms with Crippen LogP contribution in [-0.2, 0) is 6.54 Å². The molecule has 82 valence electrons. The molecular weight excluding hydrogens is 297 g/mol. The van der Waals surface area contributed by atoms with Crippen LogP contribution in [0.4, 0.5) is 0 Å². The van der Waals surface area contributed by atoms with Crippen LogP contribution in [0, 0.1) is 9.49 Å². The number of nitrogens with one attached hydrogen (secondary N) is 1. The second kappa shape index (κ2) is 5.85. The van der Waals surface area contributed by atoms with Gasteiger partial charge in [-0.25, -0.2) is 0 Å². The SMILES string of the molecule is Ic1ccc(CNCCC2CCC2)cc1. The topological polar surface area (TPSA) is 12.0 Å². The summed E-state index contributed by atoms with van der Waals surface area (Å²) in [6.45, 7) is 2.19. The summed E-state index contributed by atoms with van der Waals surface area (Å²) in [4.78, 5) is 0. The number of hydrogen-bond acceptors (Lipinski definition) is 1. The third-order valence-corrected chi connectivity index (χ3v) is 3.92. The van der Waals surface area contributed by atoms with Crippen molar-refractivity contribution in [3.8, 4) is 0 Å². The van der Waals surface area contributed by atoms with Gasteiger partial charge in [-0.05, 0) is 59.2 Å². The lowest BCUT2D eigenvalue weighted by molar-refractivity contribution is 0.292. The van der Waals surface area contributed by atoms with Crippen LogP contribution in [0.2, 0.25) is 0 Å². The second-order valence-electron chi connectivity index (χ2n) is 4.39. The summed E-state index contributed by atoms with van der Waals surface area (Å²) in [5, 5.41) is 3.52. The van der Waals surface area contributed by atoms with Crippen LogP contribution >= 0.6 is 22.6 Å². The van der Waals surface area contributed by atoms with Gasteiger partial charge in [0.2, 0.25) is 0 Å². The van der Waals surface area contributed by atoms with Crippen LogP contribution in [0.1, 0.15) is 31.2 Å². The van der Waals surface area contributed by atoms with Gasteiger partial charge >= 0.3 is 0 Å². The van der Waals surface area contributed by atoms with Crippen molar-refractivity contribution in [2.75, 3.05) is 6.54 Å². The highest BCUT2D eigenvalue weighted by Crippen LogP contribution is 2.28. The lowest BCUT2D eigenvalue weighted by Gasteiger charge is -2.25. The summed E-state index contributed by atoms with van der Waals surface area (Å²) in [5.74, 6) is 1.02. The third-order valence-electron chi connectivity index (χ3n) is 3.20. The molecule has 0 bridgehead atoms. The van der Waals surface area contributed by atoms with Gasteiger partial charge in [0.1, 0.15) is 0 Å². The number of hydrogen-bond donors (Lipinski definition) is 1. The highest BCUT2D eigenvalue weighted by Gasteiger charge is 2.15. The van der Waals surface area contributed by atoms with Gasteiger partial charge in [-0.2, -0.15) is 0 Å². The van der Waals surface area contributed by atoms with Crippen molar-refractivity contribution >= 4 is 22.6 Å². The normalized spacial score (nSPS) is 16.3. The van der Waals surface area contributed by atoms with Crippen molar-refractivity contribution in [3.05, 3.63) is 33.4 Å². The fraction of sp³-hybridized carbons (Fsp3) is 0.538. The maximum absolute atomic E-state index is 3.52. The predicted molar refractivity (Wildman–Crippen MR) is 72.8 cm³/mol. The van der Waals surface area contributed by atoms with E-state index in [1.807, 2.05) is 0 Å². The minimum absolute atomic E-state index is 1.02. The molecule has 1 nitrogen and oxygen atoms in total. The Morgan fingerprint density at radius 2 is 1.93 bits per heavy atom. The Labute approximate surface area is 106 Å². The molecule has 1 aliphatic rings. The van der Waals surface area contributed by atoms with E-state index in [0.29, 0.717) is 0 Å². The van der Waals surface area contributed by atoms with Gasteiger partial charge in [-0.15, -0.1) is 0 Å². The van der Waals surface area contributed by atoms with Crippen LogP contribution in [0.5, 0.6) is 0 Å². The summed E-state index contributed by atoms with van der Waals surface area (Å²) in [5.41, 5.74) is 1.39. The Hall–Kier alpha value is -0.0900. The molecule has 2 rings (SSSR count). The summed E-state index contributed by atoms with van der Waals surface area (Å²) in [7, 11) is 0. The molecule has 1 aromatic carbocycles. The molecule has 1 fully saturated rings.